The molecule has 0 bridgehead atoms. The van der Waals surface area contributed by atoms with Crippen LogP contribution in [0.5, 0.6) is 5.75 Å². The Bertz CT molecular complexity index is 1030. The lowest BCUT2D eigenvalue weighted by atomic mass is 9.91. The Morgan fingerprint density at radius 2 is 2.07 bits per heavy atom. The molecule has 4 N–H and O–H groups in total. The third kappa shape index (κ3) is 4.19. The molecule has 1 saturated carbocycles. The van der Waals surface area contributed by atoms with E-state index in [2.05, 4.69) is 25.6 Å². The van der Waals surface area contributed by atoms with Crippen LogP contribution in [0.25, 0.3) is 11.2 Å². The first kappa shape index (κ1) is 19.3. The number of amides is 2. The number of fused-ring (bicyclic) bond motifs is 1. The largest absolute Gasteiger partial charge is 0.497 e. The molecule has 1 aliphatic rings. The number of hydrogen-bond donors (Lipinski definition) is 3. The highest BCUT2D eigenvalue weighted by atomic mass is 35.5. The summed E-state index contributed by atoms with van der Waals surface area (Å²) in [5.74, 6) is 0.976. The van der Waals surface area contributed by atoms with Crippen LogP contribution in [0.2, 0.25) is 5.28 Å². The fraction of sp³-hybridized carbons (Fsp3) is 0.368. The number of carbonyl (C=O) groups is 1. The van der Waals surface area contributed by atoms with Gasteiger partial charge in [0.1, 0.15) is 11.3 Å². The molecule has 0 radical (unpaired) electrons. The zero-order chi connectivity index (χ0) is 20.4. The van der Waals surface area contributed by atoms with Crippen LogP contribution in [0.15, 0.2) is 30.6 Å². The van der Waals surface area contributed by atoms with Crippen molar-refractivity contribution in [1.82, 2.24) is 24.8 Å². The summed E-state index contributed by atoms with van der Waals surface area (Å²) in [4.78, 5) is 24.9. The van der Waals surface area contributed by atoms with Crippen LogP contribution in [-0.4, -0.2) is 38.7 Å². The Hall–Kier alpha value is -3.07. The van der Waals surface area contributed by atoms with Gasteiger partial charge < -0.3 is 25.7 Å². The molecule has 1 aliphatic carbocycles. The molecular formula is C19H22ClN7O2. The molecular weight excluding hydrogens is 394 g/mol. The molecule has 3 aromatic rings. The monoisotopic (exact) mass is 415 g/mol. The molecule has 2 amide bonds. The highest BCUT2D eigenvalue weighted by molar-refractivity contribution is 6.28. The molecule has 1 fully saturated rings. The van der Waals surface area contributed by atoms with E-state index in [-0.39, 0.29) is 29.2 Å². The third-order valence-corrected chi connectivity index (χ3v) is 5.34. The summed E-state index contributed by atoms with van der Waals surface area (Å²) in [5, 5.41) is 6.00. The number of benzene rings is 1. The predicted octanol–water partition coefficient (Wildman–Crippen LogP) is 3.38. The van der Waals surface area contributed by atoms with Gasteiger partial charge in [-0.15, -0.1) is 0 Å². The van der Waals surface area contributed by atoms with Crippen LogP contribution >= 0.6 is 11.6 Å². The number of halogens is 1. The molecule has 4 rings (SSSR count). The number of anilines is 2. The first-order valence-electron chi connectivity index (χ1n) is 9.40. The normalized spacial score (nSPS) is 19.1. The number of nitrogens with zero attached hydrogens (tertiary/aromatic N) is 4. The molecule has 10 heteroatoms. The first-order chi connectivity index (χ1) is 14.0. The highest BCUT2D eigenvalue weighted by Gasteiger charge is 2.25. The van der Waals surface area contributed by atoms with Crippen molar-refractivity contribution in [1.29, 1.82) is 0 Å². The van der Waals surface area contributed by atoms with Crippen molar-refractivity contribution in [2.75, 3.05) is 18.2 Å². The minimum absolute atomic E-state index is 0.106. The second-order valence-electron chi connectivity index (χ2n) is 7.04. The molecule has 0 aliphatic heterocycles. The molecule has 0 saturated heterocycles. The lowest BCUT2D eigenvalue weighted by Gasteiger charge is -2.30. The topological polar surface area (TPSA) is 120 Å². The Kier molecular flexibility index (Phi) is 5.39. The standard InChI is InChI=1S/C19H22ClN7O2/c1-29-14-4-2-3-12(9-14)24-19(28)23-11-5-7-13(8-6-11)27-10-22-15-16(21)25-18(20)26-17(15)27/h2-4,9-11,13H,5-8H2,1H3,(H2,21,25,26)(H2,23,24,28). The van der Waals surface area contributed by atoms with E-state index in [1.54, 1.807) is 19.5 Å². The van der Waals surface area contributed by atoms with Crippen molar-refractivity contribution in [2.45, 2.75) is 37.8 Å². The summed E-state index contributed by atoms with van der Waals surface area (Å²) in [6, 6.07) is 7.37. The van der Waals surface area contributed by atoms with Crippen molar-refractivity contribution in [2.24, 2.45) is 0 Å². The number of hydrogen-bond acceptors (Lipinski definition) is 6. The second kappa shape index (κ2) is 8.12. The number of nitrogens with two attached hydrogens (primary N) is 1. The summed E-state index contributed by atoms with van der Waals surface area (Å²) in [7, 11) is 1.59. The molecule has 9 nitrogen and oxygen atoms in total. The number of carbonyl (C=O) groups excluding carboxylic acids is 1. The van der Waals surface area contributed by atoms with Crippen molar-refractivity contribution in [3.8, 4) is 5.75 Å². The van der Waals surface area contributed by atoms with Gasteiger partial charge in [0, 0.05) is 23.8 Å². The van der Waals surface area contributed by atoms with E-state index in [0.29, 0.717) is 22.6 Å². The molecule has 2 aromatic heterocycles. The van der Waals surface area contributed by atoms with Gasteiger partial charge in [-0.05, 0) is 49.4 Å². The minimum Gasteiger partial charge on any atom is -0.497 e. The van der Waals surface area contributed by atoms with Crippen LogP contribution < -0.4 is 21.1 Å². The van der Waals surface area contributed by atoms with Gasteiger partial charge in [-0.1, -0.05) is 6.07 Å². The fourth-order valence-electron chi connectivity index (χ4n) is 3.73. The predicted molar refractivity (Wildman–Crippen MR) is 111 cm³/mol. The molecule has 2 heterocycles. The number of urea groups is 1. The number of ether oxygens (including phenoxy) is 1. The van der Waals surface area contributed by atoms with E-state index in [0.717, 1.165) is 25.7 Å². The molecule has 0 unspecified atom stereocenters. The number of aromatic nitrogens is 4. The molecule has 29 heavy (non-hydrogen) atoms. The average Bonchev–Trinajstić information content (AvgIpc) is 3.13. The number of rotatable bonds is 4. The van der Waals surface area contributed by atoms with Gasteiger partial charge in [0.2, 0.25) is 5.28 Å². The van der Waals surface area contributed by atoms with Gasteiger partial charge in [-0.3, -0.25) is 0 Å². The highest BCUT2D eigenvalue weighted by Crippen LogP contribution is 2.31. The summed E-state index contributed by atoms with van der Waals surface area (Å²) >= 11 is 5.95. The number of nitrogens with one attached hydrogen (secondary N) is 2. The molecule has 0 spiro atoms. The molecule has 152 valence electrons. The van der Waals surface area contributed by atoms with E-state index < -0.39 is 0 Å². The maximum atomic E-state index is 12.3. The van der Waals surface area contributed by atoms with Crippen molar-refractivity contribution >= 4 is 40.3 Å². The van der Waals surface area contributed by atoms with E-state index in [4.69, 9.17) is 22.1 Å². The lowest BCUT2D eigenvalue weighted by Crippen LogP contribution is -2.40. The van der Waals surface area contributed by atoms with Crippen LogP contribution in [0.3, 0.4) is 0 Å². The van der Waals surface area contributed by atoms with E-state index in [1.165, 1.54) is 0 Å². The number of methoxy groups -OCH3 is 1. The van der Waals surface area contributed by atoms with Crippen LogP contribution in [-0.2, 0) is 0 Å². The Balaban J connectivity index is 1.35. The van der Waals surface area contributed by atoms with Crippen LogP contribution in [0.4, 0.5) is 16.3 Å². The van der Waals surface area contributed by atoms with E-state index in [1.807, 2.05) is 22.8 Å². The van der Waals surface area contributed by atoms with Crippen molar-refractivity contribution < 1.29 is 9.53 Å². The van der Waals surface area contributed by atoms with E-state index in [9.17, 15) is 4.79 Å². The molecule has 1 aromatic carbocycles. The maximum Gasteiger partial charge on any atom is 0.319 e. The Labute approximate surface area is 172 Å². The second-order valence-corrected chi connectivity index (χ2v) is 7.38. The summed E-state index contributed by atoms with van der Waals surface area (Å²) in [5.41, 5.74) is 7.78. The van der Waals surface area contributed by atoms with Gasteiger partial charge in [0.15, 0.2) is 11.5 Å². The smallest absolute Gasteiger partial charge is 0.319 e. The fourth-order valence-corrected chi connectivity index (χ4v) is 3.90. The minimum atomic E-state index is -0.220. The number of imidazole rings is 1. The SMILES string of the molecule is COc1cccc(NC(=O)NC2CCC(n3cnc4c(N)nc(Cl)nc43)CC2)c1. The van der Waals surface area contributed by atoms with Crippen molar-refractivity contribution in [3.05, 3.63) is 35.9 Å². The van der Waals surface area contributed by atoms with Gasteiger partial charge >= 0.3 is 6.03 Å². The first-order valence-corrected chi connectivity index (χ1v) is 9.78. The summed E-state index contributed by atoms with van der Waals surface area (Å²) in [6.07, 6.45) is 5.21. The number of nitrogen functional groups attached to an aromatic ring is 1. The van der Waals surface area contributed by atoms with Crippen LogP contribution in [0, 0.1) is 0 Å². The van der Waals surface area contributed by atoms with Crippen molar-refractivity contribution in [3.63, 3.8) is 0 Å². The Morgan fingerprint density at radius 3 is 2.83 bits per heavy atom. The average molecular weight is 416 g/mol. The summed E-state index contributed by atoms with van der Waals surface area (Å²) in [6.45, 7) is 0. The Morgan fingerprint density at radius 1 is 1.28 bits per heavy atom. The zero-order valence-electron chi connectivity index (χ0n) is 15.9. The van der Waals surface area contributed by atoms with E-state index >= 15 is 0 Å². The zero-order valence-corrected chi connectivity index (χ0v) is 16.7. The van der Waals surface area contributed by atoms with Gasteiger partial charge in [0.25, 0.3) is 0 Å². The quantitative estimate of drug-likeness (QED) is 0.562. The lowest BCUT2D eigenvalue weighted by molar-refractivity contribution is 0.238. The summed E-state index contributed by atoms with van der Waals surface area (Å²) < 4.78 is 7.18. The van der Waals surface area contributed by atoms with Crippen LogP contribution in [0.1, 0.15) is 31.7 Å². The third-order valence-electron chi connectivity index (χ3n) is 5.17. The maximum absolute atomic E-state index is 12.3. The molecule has 0 atom stereocenters. The van der Waals surface area contributed by atoms with Gasteiger partial charge in [-0.25, -0.2) is 9.78 Å². The van der Waals surface area contributed by atoms with Gasteiger partial charge in [-0.2, -0.15) is 9.97 Å². The van der Waals surface area contributed by atoms with Gasteiger partial charge in [0.05, 0.1) is 13.4 Å².